The highest BCUT2D eigenvalue weighted by molar-refractivity contribution is 5.76. The third kappa shape index (κ3) is 39.0. The summed E-state index contributed by atoms with van der Waals surface area (Å²) in [6, 6.07) is -0.622. The van der Waals surface area contributed by atoms with Gasteiger partial charge in [-0.1, -0.05) is 209 Å². The average Bonchev–Trinajstić information content (AvgIpc) is 3.15. The summed E-state index contributed by atoms with van der Waals surface area (Å²) in [5.74, 6) is -0.0695. The van der Waals surface area contributed by atoms with Gasteiger partial charge >= 0.3 is 0 Å². The van der Waals surface area contributed by atoms with E-state index in [0.717, 1.165) is 57.8 Å². The zero-order chi connectivity index (χ0) is 37.8. The topological polar surface area (TPSA) is 69.6 Å². The molecule has 4 heteroatoms. The molecule has 0 heterocycles. The Morgan fingerprint density at radius 1 is 0.481 bits per heavy atom. The quantitative estimate of drug-likeness (QED) is 0.0437. The molecule has 2 atom stereocenters. The maximum Gasteiger partial charge on any atom is 0.220 e. The SMILES string of the molecule is CC/C=C\C/C=C\C/C=C\C/C=C\C/C=C\CCCCCCCCCCCCCCCCCC(=O)NC(CO)C(O)/C=C/CCCCCCCCC. The molecule has 0 saturated heterocycles. The molecule has 0 aliphatic heterocycles. The minimum Gasteiger partial charge on any atom is -0.394 e. The van der Waals surface area contributed by atoms with Gasteiger partial charge in [0.15, 0.2) is 0 Å². The van der Waals surface area contributed by atoms with E-state index in [1.165, 1.54) is 128 Å². The molecule has 3 N–H and O–H groups in total. The molecule has 2 unspecified atom stereocenters. The lowest BCUT2D eigenvalue weighted by atomic mass is 10.0. The van der Waals surface area contributed by atoms with Crippen molar-refractivity contribution in [2.45, 2.75) is 219 Å². The summed E-state index contributed by atoms with van der Waals surface area (Å²) in [6.45, 7) is 4.16. The molecule has 0 radical (unpaired) electrons. The summed E-state index contributed by atoms with van der Waals surface area (Å²) in [6.07, 6.45) is 61.7. The van der Waals surface area contributed by atoms with E-state index in [4.69, 9.17) is 0 Å². The van der Waals surface area contributed by atoms with E-state index in [0.29, 0.717) is 6.42 Å². The van der Waals surface area contributed by atoms with Crippen LogP contribution in [0.4, 0.5) is 0 Å². The number of aliphatic hydroxyl groups is 2. The molecule has 0 aromatic rings. The Hall–Kier alpha value is -2.17. The Balaban J connectivity index is 3.49. The van der Waals surface area contributed by atoms with Crippen LogP contribution in [-0.4, -0.2) is 34.9 Å². The highest BCUT2D eigenvalue weighted by Crippen LogP contribution is 2.15. The number of allylic oxidation sites excluding steroid dienone is 11. The summed E-state index contributed by atoms with van der Waals surface area (Å²) in [7, 11) is 0. The van der Waals surface area contributed by atoms with Crippen LogP contribution in [0.5, 0.6) is 0 Å². The van der Waals surface area contributed by atoms with Gasteiger partial charge in [0.05, 0.1) is 18.8 Å². The van der Waals surface area contributed by atoms with Crippen molar-refractivity contribution in [2.24, 2.45) is 0 Å². The Bertz CT molecular complexity index is 915. The van der Waals surface area contributed by atoms with Crippen molar-refractivity contribution in [2.75, 3.05) is 6.61 Å². The Labute approximate surface area is 323 Å². The number of carbonyl (C=O) groups excluding carboxylic acids is 1. The van der Waals surface area contributed by atoms with Gasteiger partial charge in [-0.2, -0.15) is 0 Å². The van der Waals surface area contributed by atoms with Gasteiger partial charge in [0, 0.05) is 6.42 Å². The first-order valence-corrected chi connectivity index (χ1v) is 22.2. The standard InChI is InChI=1S/C48H85NO3/c1-3-5-7-9-11-13-14-15-16-17-18-19-20-21-22-23-24-25-26-27-28-29-30-31-32-33-34-36-38-40-42-44-48(52)49-46(45-50)47(51)43-41-39-37-35-12-10-8-6-4-2/h5,7,11,13,15-16,18-19,21-22,41,43,46-47,50-51H,3-4,6,8-10,12,14,17,20,23-40,42,44-45H2,1-2H3,(H,49,52)/b7-5-,13-11-,16-15-,19-18-,22-21-,43-41+. The zero-order valence-corrected chi connectivity index (χ0v) is 34.3. The van der Waals surface area contributed by atoms with Gasteiger partial charge in [0.2, 0.25) is 5.91 Å². The van der Waals surface area contributed by atoms with Crippen LogP contribution in [0.25, 0.3) is 0 Å². The van der Waals surface area contributed by atoms with Crippen molar-refractivity contribution in [1.29, 1.82) is 0 Å². The smallest absolute Gasteiger partial charge is 0.220 e. The molecule has 0 fully saturated rings. The fourth-order valence-electron chi connectivity index (χ4n) is 6.32. The second-order valence-corrected chi connectivity index (χ2v) is 14.7. The van der Waals surface area contributed by atoms with Crippen molar-refractivity contribution < 1.29 is 15.0 Å². The van der Waals surface area contributed by atoms with Crippen LogP contribution in [0.15, 0.2) is 72.9 Å². The number of hydrogen-bond acceptors (Lipinski definition) is 3. The third-order valence-electron chi connectivity index (χ3n) is 9.70. The van der Waals surface area contributed by atoms with Crippen LogP contribution in [0.3, 0.4) is 0 Å². The van der Waals surface area contributed by atoms with E-state index in [-0.39, 0.29) is 12.5 Å². The molecular formula is C48H85NO3. The van der Waals surface area contributed by atoms with Crippen LogP contribution in [0, 0.1) is 0 Å². The summed E-state index contributed by atoms with van der Waals surface area (Å²) in [4.78, 5) is 12.3. The molecule has 0 spiro atoms. The number of aliphatic hydroxyl groups excluding tert-OH is 2. The molecule has 0 aliphatic rings. The summed E-state index contributed by atoms with van der Waals surface area (Å²) in [5.41, 5.74) is 0. The maximum atomic E-state index is 12.3. The van der Waals surface area contributed by atoms with Crippen LogP contribution < -0.4 is 5.32 Å². The monoisotopic (exact) mass is 724 g/mol. The van der Waals surface area contributed by atoms with Gasteiger partial charge in [-0.05, 0) is 64.2 Å². The second kappa shape index (κ2) is 43.2. The fraction of sp³-hybridized carbons (Fsp3) is 0.729. The van der Waals surface area contributed by atoms with Crippen LogP contribution >= 0.6 is 0 Å². The van der Waals surface area contributed by atoms with Gasteiger partial charge in [-0.25, -0.2) is 0 Å². The molecule has 0 aliphatic carbocycles. The molecule has 52 heavy (non-hydrogen) atoms. The predicted molar refractivity (Wildman–Crippen MR) is 230 cm³/mol. The van der Waals surface area contributed by atoms with Gasteiger partial charge in [0.1, 0.15) is 0 Å². The van der Waals surface area contributed by atoms with Crippen LogP contribution in [0.1, 0.15) is 206 Å². The van der Waals surface area contributed by atoms with Crippen molar-refractivity contribution in [3.8, 4) is 0 Å². The number of unbranched alkanes of at least 4 members (excludes halogenated alkanes) is 22. The number of amides is 1. The summed E-state index contributed by atoms with van der Waals surface area (Å²) >= 11 is 0. The van der Waals surface area contributed by atoms with E-state index in [1.54, 1.807) is 6.08 Å². The Morgan fingerprint density at radius 3 is 1.27 bits per heavy atom. The first kappa shape index (κ1) is 49.8. The van der Waals surface area contributed by atoms with E-state index in [2.05, 4.69) is 79.9 Å². The molecule has 0 rings (SSSR count). The average molecular weight is 724 g/mol. The van der Waals surface area contributed by atoms with E-state index in [9.17, 15) is 15.0 Å². The lowest BCUT2D eigenvalue weighted by Gasteiger charge is -2.20. The number of nitrogens with one attached hydrogen (secondary N) is 1. The lowest BCUT2D eigenvalue weighted by molar-refractivity contribution is -0.123. The van der Waals surface area contributed by atoms with E-state index >= 15 is 0 Å². The van der Waals surface area contributed by atoms with Crippen LogP contribution in [0.2, 0.25) is 0 Å². The molecule has 0 aromatic heterocycles. The summed E-state index contributed by atoms with van der Waals surface area (Å²) < 4.78 is 0. The molecule has 4 nitrogen and oxygen atoms in total. The van der Waals surface area contributed by atoms with Gasteiger partial charge in [0.25, 0.3) is 0 Å². The number of rotatable bonds is 39. The molecular weight excluding hydrogens is 639 g/mol. The first-order valence-electron chi connectivity index (χ1n) is 22.2. The first-order chi connectivity index (χ1) is 25.7. The molecule has 1 amide bonds. The highest BCUT2D eigenvalue weighted by atomic mass is 16.3. The minimum absolute atomic E-state index is 0.0695. The lowest BCUT2D eigenvalue weighted by Crippen LogP contribution is -2.45. The third-order valence-corrected chi connectivity index (χ3v) is 9.70. The van der Waals surface area contributed by atoms with Crippen molar-refractivity contribution in [3.05, 3.63) is 72.9 Å². The highest BCUT2D eigenvalue weighted by Gasteiger charge is 2.17. The molecule has 0 saturated carbocycles. The fourth-order valence-corrected chi connectivity index (χ4v) is 6.32. The minimum atomic E-state index is -0.838. The molecule has 300 valence electrons. The zero-order valence-electron chi connectivity index (χ0n) is 34.3. The predicted octanol–water partition coefficient (Wildman–Crippen LogP) is 13.9. The van der Waals surface area contributed by atoms with E-state index in [1.807, 2.05) is 6.08 Å². The molecule has 0 bridgehead atoms. The van der Waals surface area contributed by atoms with Crippen molar-refractivity contribution in [3.63, 3.8) is 0 Å². The van der Waals surface area contributed by atoms with Gasteiger partial charge in [-0.3, -0.25) is 4.79 Å². The largest absolute Gasteiger partial charge is 0.394 e. The Kier molecular flexibility index (Phi) is 41.4. The van der Waals surface area contributed by atoms with Gasteiger partial charge < -0.3 is 15.5 Å². The number of hydrogen-bond donors (Lipinski definition) is 3. The Morgan fingerprint density at radius 2 is 0.846 bits per heavy atom. The second-order valence-electron chi connectivity index (χ2n) is 14.7. The van der Waals surface area contributed by atoms with Crippen molar-refractivity contribution in [1.82, 2.24) is 5.32 Å². The van der Waals surface area contributed by atoms with E-state index < -0.39 is 12.1 Å². The van der Waals surface area contributed by atoms with Gasteiger partial charge in [-0.15, -0.1) is 0 Å². The maximum absolute atomic E-state index is 12.3. The number of carbonyl (C=O) groups is 1. The summed E-state index contributed by atoms with van der Waals surface area (Å²) in [5, 5.41) is 22.9. The van der Waals surface area contributed by atoms with Crippen molar-refractivity contribution >= 4 is 5.91 Å². The van der Waals surface area contributed by atoms with Crippen LogP contribution in [-0.2, 0) is 4.79 Å². The normalized spacial score (nSPS) is 13.7. The molecule has 0 aromatic carbocycles.